The number of aromatic nitrogens is 1. The van der Waals surface area contributed by atoms with Crippen LogP contribution in [0.2, 0.25) is 0 Å². The van der Waals surface area contributed by atoms with Gasteiger partial charge < -0.3 is 11.1 Å². The predicted molar refractivity (Wildman–Crippen MR) is 89.3 cm³/mol. The van der Waals surface area contributed by atoms with E-state index >= 15 is 0 Å². The highest BCUT2D eigenvalue weighted by Gasteiger charge is 2.07. The fraction of sp³-hybridized carbons (Fsp3) is 0.222. The van der Waals surface area contributed by atoms with E-state index in [1.165, 1.54) is 0 Å². The molecule has 0 saturated carbocycles. The van der Waals surface area contributed by atoms with Gasteiger partial charge in [-0.1, -0.05) is 19.8 Å². The highest BCUT2D eigenvalue weighted by molar-refractivity contribution is 5.92. The summed E-state index contributed by atoms with van der Waals surface area (Å²) in [6, 6.07) is 9.11. The Morgan fingerprint density at radius 2 is 2.00 bits per heavy atom. The minimum Gasteiger partial charge on any atom is -0.399 e. The number of nitrogens with two attached hydrogens (primary N) is 1. The molecule has 1 aromatic carbocycles. The lowest BCUT2D eigenvalue weighted by molar-refractivity contribution is -0.118. The topological polar surface area (TPSA) is 68.0 Å². The summed E-state index contributed by atoms with van der Waals surface area (Å²) in [5, 5.41) is 2.84. The molecule has 1 amide bonds. The maximum atomic E-state index is 11.7. The molecular formula is C18H19N3O. The molecule has 0 aliphatic carbocycles. The number of hydrogen-bond acceptors (Lipinski definition) is 3. The van der Waals surface area contributed by atoms with Gasteiger partial charge in [-0.2, -0.15) is 0 Å². The Hall–Kier alpha value is -2.80. The van der Waals surface area contributed by atoms with Crippen molar-refractivity contribution in [3.8, 4) is 11.8 Å². The Balaban J connectivity index is 2.21. The molecule has 112 valence electrons. The zero-order chi connectivity index (χ0) is 16.1. The first kappa shape index (κ1) is 15.6. The van der Waals surface area contributed by atoms with Gasteiger partial charge in [0.05, 0.1) is 0 Å². The number of benzene rings is 1. The Bertz CT molecular complexity index is 754. The number of anilines is 2. The van der Waals surface area contributed by atoms with E-state index in [4.69, 9.17) is 5.73 Å². The largest absolute Gasteiger partial charge is 0.399 e. The van der Waals surface area contributed by atoms with Gasteiger partial charge in [-0.05, 0) is 48.7 Å². The van der Waals surface area contributed by atoms with Crippen molar-refractivity contribution in [2.75, 3.05) is 11.1 Å². The number of pyridine rings is 1. The van der Waals surface area contributed by atoms with Crippen LogP contribution in [-0.2, 0) is 4.79 Å². The molecule has 0 atom stereocenters. The third kappa shape index (κ3) is 4.10. The fourth-order valence-electron chi connectivity index (χ4n) is 1.82. The summed E-state index contributed by atoms with van der Waals surface area (Å²) in [4.78, 5) is 15.9. The van der Waals surface area contributed by atoms with Crippen molar-refractivity contribution in [3.05, 3.63) is 53.3 Å². The summed E-state index contributed by atoms with van der Waals surface area (Å²) in [6.07, 6.45) is 1.63. The summed E-state index contributed by atoms with van der Waals surface area (Å²) in [5.74, 6) is 5.99. The van der Waals surface area contributed by atoms with Crippen LogP contribution >= 0.6 is 0 Å². The molecule has 22 heavy (non-hydrogen) atoms. The summed E-state index contributed by atoms with van der Waals surface area (Å²) in [5.41, 5.74) is 9.69. The lowest BCUT2D eigenvalue weighted by Crippen LogP contribution is -2.17. The normalized spacial score (nSPS) is 10.0. The standard InChI is InChI=1S/C18H19N3O/c1-12(2)18(22)21-17-8-9-20-16(11-17)7-5-14-4-6-15(19)10-13(14)3/h4,6,8-12H,19H2,1-3H3,(H,20,21,22). The van der Waals surface area contributed by atoms with Crippen LogP contribution in [0, 0.1) is 24.7 Å². The summed E-state index contributed by atoms with van der Waals surface area (Å²) >= 11 is 0. The first-order chi connectivity index (χ1) is 10.5. The Labute approximate surface area is 130 Å². The van der Waals surface area contributed by atoms with E-state index in [0.29, 0.717) is 11.4 Å². The van der Waals surface area contributed by atoms with Gasteiger partial charge in [-0.25, -0.2) is 4.98 Å². The van der Waals surface area contributed by atoms with Gasteiger partial charge in [0.1, 0.15) is 5.69 Å². The van der Waals surface area contributed by atoms with E-state index in [1.54, 1.807) is 18.3 Å². The fourth-order valence-corrected chi connectivity index (χ4v) is 1.82. The van der Waals surface area contributed by atoms with Crippen LogP contribution in [0.1, 0.15) is 30.7 Å². The molecule has 0 radical (unpaired) electrons. The molecule has 1 heterocycles. The molecule has 2 rings (SSSR count). The minimum atomic E-state index is -0.0693. The highest BCUT2D eigenvalue weighted by atomic mass is 16.1. The second-order valence-corrected chi connectivity index (χ2v) is 5.40. The number of carbonyl (C=O) groups is 1. The molecule has 3 N–H and O–H groups in total. The van der Waals surface area contributed by atoms with Crippen LogP contribution in [0.15, 0.2) is 36.5 Å². The van der Waals surface area contributed by atoms with Crippen LogP contribution < -0.4 is 11.1 Å². The molecule has 0 aliphatic heterocycles. The van der Waals surface area contributed by atoms with Gasteiger partial charge in [0.25, 0.3) is 0 Å². The van der Waals surface area contributed by atoms with Gasteiger partial charge in [0.2, 0.25) is 5.91 Å². The third-order valence-electron chi connectivity index (χ3n) is 3.13. The Morgan fingerprint density at radius 1 is 1.23 bits per heavy atom. The van der Waals surface area contributed by atoms with Gasteiger partial charge >= 0.3 is 0 Å². The molecule has 2 aromatic rings. The van der Waals surface area contributed by atoms with E-state index in [0.717, 1.165) is 16.8 Å². The lowest BCUT2D eigenvalue weighted by atomic mass is 10.1. The van der Waals surface area contributed by atoms with E-state index in [1.807, 2.05) is 39.0 Å². The van der Waals surface area contributed by atoms with Gasteiger partial charge in [-0.15, -0.1) is 0 Å². The maximum absolute atomic E-state index is 11.7. The van der Waals surface area contributed by atoms with Crippen molar-refractivity contribution in [2.24, 2.45) is 5.92 Å². The second-order valence-electron chi connectivity index (χ2n) is 5.40. The van der Waals surface area contributed by atoms with Crippen LogP contribution in [0.3, 0.4) is 0 Å². The number of nitrogen functional groups attached to an aromatic ring is 1. The van der Waals surface area contributed by atoms with Crippen LogP contribution in [0.5, 0.6) is 0 Å². The van der Waals surface area contributed by atoms with Crippen molar-refractivity contribution in [1.82, 2.24) is 4.98 Å². The van der Waals surface area contributed by atoms with Crippen molar-refractivity contribution >= 4 is 17.3 Å². The number of aryl methyl sites for hydroxylation is 1. The number of nitrogens with one attached hydrogen (secondary N) is 1. The smallest absolute Gasteiger partial charge is 0.226 e. The van der Waals surface area contributed by atoms with Gasteiger partial charge in [0.15, 0.2) is 0 Å². The molecule has 0 aliphatic rings. The average molecular weight is 293 g/mol. The zero-order valence-electron chi connectivity index (χ0n) is 13.0. The van der Waals surface area contributed by atoms with Crippen molar-refractivity contribution in [1.29, 1.82) is 0 Å². The van der Waals surface area contributed by atoms with Crippen LogP contribution in [0.25, 0.3) is 0 Å². The molecule has 4 heteroatoms. The Morgan fingerprint density at radius 3 is 2.68 bits per heavy atom. The van der Waals surface area contributed by atoms with Gasteiger partial charge in [-0.3, -0.25) is 4.79 Å². The average Bonchev–Trinajstić information content (AvgIpc) is 2.46. The first-order valence-corrected chi connectivity index (χ1v) is 7.11. The van der Waals surface area contributed by atoms with E-state index < -0.39 is 0 Å². The monoisotopic (exact) mass is 293 g/mol. The quantitative estimate of drug-likeness (QED) is 0.660. The van der Waals surface area contributed by atoms with Crippen molar-refractivity contribution in [3.63, 3.8) is 0 Å². The minimum absolute atomic E-state index is 0.0283. The number of amides is 1. The third-order valence-corrected chi connectivity index (χ3v) is 3.13. The molecule has 0 bridgehead atoms. The van der Waals surface area contributed by atoms with E-state index in [2.05, 4.69) is 22.1 Å². The van der Waals surface area contributed by atoms with Crippen LogP contribution in [-0.4, -0.2) is 10.9 Å². The molecule has 0 saturated heterocycles. The number of nitrogens with zero attached hydrogens (tertiary/aromatic N) is 1. The number of carbonyl (C=O) groups excluding carboxylic acids is 1. The number of rotatable bonds is 2. The summed E-state index contributed by atoms with van der Waals surface area (Å²) in [7, 11) is 0. The zero-order valence-corrected chi connectivity index (χ0v) is 13.0. The summed E-state index contributed by atoms with van der Waals surface area (Å²) < 4.78 is 0. The lowest BCUT2D eigenvalue weighted by Gasteiger charge is -2.07. The summed E-state index contributed by atoms with van der Waals surface area (Å²) in [6.45, 7) is 5.66. The van der Waals surface area contributed by atoms with Crippen molar-refractivity contribution < 1.29 is 4.79 Å². The molecule has 0 spiro atoms. The second kappa shape index (κ2) is 6.77. The van der Waals surface area contributed by atoms with Crippen molar-refractivity contribution in [2.45, 2.75) is 20.8 Å². The molecule has 4 nitrogen and oxygen atoms in total. The molecule has 1 aromatic heterocycles. The molecule has 0 fully saturated rings. The highest BCUT2D eigenvalue weighted by Crippen LogP contribution is 2.12. The molecule has 0 unspecified atom stereocenters. The van der Waals surface area contributed by atoms with Gasteiger partial charge in [0, 0.05) is 29.1 Å². The molecular weight excluding hydrogens is 274 g/mol. The van der Waals surface area contributed by atoms with Crippen LogP contribution in [0.4, 0.5) is 11.4 Å². The van der Waals surface area contributed by atoms with E-state index in [-0.39, 0.29) is 11.8 Å². The van der Waals surface area contributed by atoms with E-state index in [9.17, 15) is 4.79 Å². The maximum Gasteiger partial charge on any atom is 0.226 e. The predicted octanol–water partition coefficient (Wildman–Crippen LogP) is 2.97. The SMILES string of the molecule is Cc1cc(N)ccc1C#Cc1cc(NC(=O)C(C)C)ccn1. The Kier molecular flexibility index (Phi) is 4.80. The first-order valence-electron chi connectivity index (χ1n) is 7.11. The number of hydrogen-bond donors (Lipinski definition) is 2.